The number of sulfonamides is 1. The van der Waals surface area contributed by atoms with Gasteiger partial charge in [-0.2, -0.15) is 13.2 Å². The predicted molar refractivity (Wildman–Crippen MR) is 84.4 cm³/mol. The van der Waals surface area contributed by atoms with Crippen molar-refractivity contribution in [3.8, 4) is 0 Å². The molecular formula is C16H13F4NO4S. The van der Waals surface area contributed by atoms with Gasteiger partial charge in [-0.1, -0.05) is 0 Å². The van der Waals surface area contributed by atoms with Crippen molar-refractivity contribution in [2.45, 2.75) is 11.1 Å². The minimum atomic E-state index is -4.60. The molecular weight excluding hydrogens is 378 g/mol. The van der Waals surface area contributed by atoms with Gasteiger partial charge in [-0.3, -0.25) is 9.10 Å². The Morgan fingerprint density at radius 1 is 1.04 bits per heavy atom. The van der Waals surface area contributed by atoms with Crippen molar-refractivity contribution in [1.82, 2.24) is 0 Å². The third-order valence-electron chi connectivity index (χ3n) is 3.38. The zero-order valence-electron chi connectivity index (χ0n) is 13.3. The zero-order valence-corrected chi connectivity index (χ0v) is 14.1. The van der Waals surface area contributed by atoms with E-state index in [1.165, 1.54) is 0 Å². The van der Waals surface area contributed by atoms with Crippen molar-refractivity contribution in [1.29, 1.82) is 0 Å². The van der Waals surface area contributed by atoms with E-state index in [-0.39, 0.29) is 10.6 Å². The molecule has 0 aliphatic heterocycles. The Balaban J connectivity index is 2.49. The second-order valence-corrected chi connectivity index (χ2v) is 6.95. The standard InChI is InChI=1S/C16H13F4NO4S/c1-25-15(22)10-21(13-6-2-11(3-7-13)16(18,19)20)26(23,24)14-8-4-12(17)5-9-14/h2-9H,10H2,1H3. The molecule has 10 heteroatoms. The summed E-state index contributed by atoms with van der Waals surface area (Å²) in [5.41, 5.74) is -1.15. The fourth-order valence-corrected chi connectivity index (χ4v) is 3.46. The fraction of sp³-hybridized carbons (Fsp3) is 0.188. The Morgan fingerprint density at radius 3 is 2.04 bits per heavy atom. The predicted octanol–water partition coefficient (Wildman–Crippen LogP) is 3.21. The summed E-state index contributed by atoms with van der Waals surface area (Å²) in [6, 6.07) is 7.03. The molecule has 0 radical (unpaired) electrons. The summed E-state index contributed by atoms with van der Waals surface area (Å²) in [6.45, 7) is -0.762. The summed E-state index contributed by atoms with van der Waals surface area (Å²) in [5.74, 6) is -1.59. The number of hydrogen-bond acceptors (Lipinski definition) is 4. The number of halogens is 4. The number of ether oxygens (including phenoxy) is 1. The summed E-state index contributed by atoms with van der Waals surface area (Å²) in [6.07, 6.45) is -4.60. The lowest BCUT2D eigenvalue weighted by molar-refractivity contribution is -0.139. The van der Waals surface area contributed by atoms with Crippen molar-refractivity contribution in [3.63, 3.8) is 0 Å². The lowest BCUT2D eigenvalue weighted by Crippen LogP contribution is -2.36. The van der Waals surface area contributed by atoms with Crippen LogP contribution < -0.4 is 4.31 Å². The lowest BCUT2D eigenvalue weighted by Gasteiger charge is -2.23. The topological polar surface area (TPSA) is 63.7 Å². The molecule has 2 aromatic carbocycles. The monoisotopic (exact) mass is 391 g/mol. The number of esters is 1. The summed E-state index contributed by atoms with van der Waals surface area (Å²) in [5, 5.41) is 0. The third kappa shape index (κ3) is 4.31. The van der Waals surface area contributed by atoms with Crippen LogP contribution >= 0.6 is 0 Å². The molecule has 0 saturated carbocycles. The summed E-state index contributed by atoms with van der Waals surface area (Å²) < 4.78 is 81.6. The van der Waals surface area contributed by atoms with E-state index in [0.717, 1.165) is 43.5 Å². The smallest absolute Gasteiger partial charge is 0.416 e. The molecule has 26 heavy (non-hydrogen) atoms. The van der Waals surface area contributed by atoms with Crippen LogP contribution in [0.4, 0.5) is 23.2 Å². The van der Waals surface area contributed by atoms with Gasteiger partial charge in [-0.15, -0.1) is 0 Å². The number of hydrogen-bond donors (Lipinski definition) is 0. The third-order valence-corrected chi connectivity index (χ3v) is 5.17. The molecule has 5 nitrogen and oxygen atoms in total. The largest absolute Gasteiger partial charge is 0.468 e. The Morgan fingerprint density at radius 2 is 1.58 bits per heavy atom. The number of benzene rings is 2. The Hall–Kier alpha value is -2.62. The van der Waals surface area contributed by atoms with Gasteiger partial charge in [0.05, 0.1) is 23.3 Å². The maximum Gasteiger partial charge on any atom is 0.416 e. The highest BCUT2D eigenvalue weighted by atomic mass is 32.2. The molecule has 0 unspecified atom stereocenters. The number of alkyl halides is 3. The van der Waals surface area contributed by atoms with Crippen LogP contribution in [0.25, 0.3) is 0 Å². The van der Waals surface area contributed by atoms with E-state index in [0.29, 0.717) is 16.4 Å². The lowest BCUT2D eigenvalue weighted by atomic mass is 10.2. The summed E-state index contributed by atoms with van der Waals surface area (Å²) in [7, 11) is -3.30. The average Bonchev–Trinajstić information content (AvgIpc) is 2.59. The molecule has 0 N–H and O–H groups in total. The number of anilines is 1. The molecule has 0 aliphatic rings. The zero-order chi connectivity index (χ0) is 19.5. The second kappa shape index (κ2) is 7.32. The number of methoxy groups -OCH3 is 1. The Labute approximate surface area is 146 Å². The first-order chi connectivity index (χ1) is 12.1. The van der Waals surface area contributed by atoms with Crippen molar-refractivity contribution >= 4 is 21.7 Å². The molecule has 0 bridgehead atoms. The van der Waals surface area contributed by atoms with Gasteiger partial charge < -0.3 is 4.74 Å². The van der Waals surface area contributed by atoms with Crippen molar-refractivity contribution < 1.29 is 35.5 Å². The molecule has 140 valence electrons. The van der Waals surface area contributed by atoms with E-state index in [4.69, 9.17) is 0 Å². The molecule has 0 heterocycles. The van der Waals surface area contributed by atoms with Crippen LogP contribution in [0.3, 0.4) is 0 Å². The van der Waals surface area contributed by atoms with E-state index >= 15 is 0 Å². The molecule has 0 spiro atoms. The van der Waals surface area contributed by atoms with Crippen LogP contribution in [-0.2, 0) is 25.7 Å². The van der Waals surface area contributed by atoms with Crippen LogP contribution in [0.15, 0.2) is 53.4 Å². The Bertz CT molecular complexity index is 878. The van der Waals surface area contributed by atoms with Crippen LogP contribution in [0.1, 0.15) is 5.56 Å². The highest BCUT2D eigenvalue weighted by Gasteiger charge is 2.32. The van der Waals surface area contributed by atoms with E-state index in [1.807, 2.05) is 0 Å². The highest BCUT2D eigenvalue weighted by molar-refractivity contribution is 7.92. The molecule has 2 rings (SSSR count). The first-order valence-electron chi connectivity index (χ1n) is 7.08. The minimum absolute atomic E-state index is 0.173. The van der Waals surface area contributed by atoms with Crippen LogP contribution in [0, 0.1) is 5.82 Å². The van der Waals surface area contributed by atoms with Gasteiger partial charge in [0, 0.05) is 0 Å². The van der Waals surface area contributed by atoms with E-state index in [2.05, 4.69) is 4.74 Å². The number of carbonyl (C=O) groups excluding carboxylic acids is 1. The molecule has 0 fully saturated rings. The molecule has 0 aromatic heterocycles. The average molecular weight is 391 g/mol. The quantitative estimate of drug-likeness (QED) is 0.580. The summed E-state index contributed by atoms with van der Waals surface area (Å²) in [4.78, 5) is 11.3. The number of rotatable bonds is 5. The first kappa shape index (κ1) is 19.7. The number of carbonyl (C=O) groups is 1. The summed E-state index contributed by atoms with van der Waals surface area (Å²) >= 11 is 0. The van der Waals surface area contributed by atoms with Crippen LogP contribution in [0.2, 0.25) is 0 Å². The SMILES string of the molecule is COC(=O)CN(c1ccc(C(F)(F)F)cc1)S(=O)(=O)c1ccc(F)cc1. The van der Waals surface area contributed by atoms with Crippen LogP contribution in [0.5, 0.6) is 0 Å². The van der Waals surface area contributed by atoms with Crippen molar-refractivity contribution in [3.05, 3.63) is 59.9 Å². The van der Waals surface area contributed by atoms with Gasteiger partial charge in [0.15, 0.2) is 0 Å². The fourth-order valence-electron chi connectivity index (χ4n) is 2.05. The minimum Gasteiger partial charge on any atom is -0.468 e. The second-order valence-electron chi connectivity index (χ2n) is 5.09. The maximum absolute atomic E-state index is 13.0. The van der Waals surface area contributed by atoms with Gasteiger partial charge in [-0.05, 0) is 48.5 Å². The van der Waals surface area contributed by atoms with Gasteiger partial charge in [0.25, 0.3) is 10.0 Å². The normalized spacial score (nSPS) is 11.9. The van der Waals surface area contributed by atoms with E-state index < -0.39 is 40.1 Å². The maximum atomic E-state index is 13.0. The molecule has 0 atom stereocenters. The van der Waals surface area contributed by atoms with Crippen molar-refractivity contribution in [2.24, 2.45) is 0 Å². The molecule has 0 amide bonds. The Kier molecular flexibility index (Phi) is 5.55. The van der Waals surface area contributed by atoms with Crippen LogP contribution in [-0.4, -0.2) is 28.0 Å². The van der Waals surface area contributed by atoms with Gasteiger partial charge in [0.1, 0.15) is 12.4 Å². The van der Waals surface area contributed by atoms with E-state index in [1.54, 1.807) is 0 Å². The molecule has 0 aliphatic carbocycles. The molecule has 0 saturated heterocycles. The highest BCUT2D eigenvalue weighted by Crippen LogP contribution is 2.31. The van der Waals surface area contributed by atoms with Gasteiger partial charge in [-0.25, -0.2) is 12.8 Å². The number of nitrogens with zero attached hydrogens (tertiary/aromatic N) is 1. The van der Waals surface area contributed by atoms with Gasteiger partial charge in [0.2, 0.25) is 0 Å². The van der Waals surface area contributed by atoms with Gasteiger partial charge >= 0.3 is 12.1 Å². The molecule has 2 aromatic rings. The first-order valence-corrected chi connectivity index (χ1v) is 8.52. The van der Waals surface area contributed by atoms with Crippen molar-refractivity contribution in [2.75, 3.05) is 18.0 Å². The van der Waals surface area contributed by atoms with E-state index in [9.17, 15) is 30.8 Å².